The van der Waals surface area contributed by atoms with E-state index in [1.165, 1.54) is 6.42 Å². The molecule has 2 N–H and O–H groups in total. The summed E-state index contributed by atoms with van der Waals surface area (Å²) < 4.78 is 0. The summed E-state index contributed by atoms with van der Waals surface area (Å²) in [7, 11) is 0. The number of hydrogen-bond donors (Lipinski definition) is 2. The molecule has 2 rings (SSSR count). The van der Waals surface area contributed by atoms with Crippen molar-refractivity contribution in [2.45, 2.75) is 32.2 Å². The fourth-order valence-electron chi connectivity index (χ4n) is 1.63. The number of pyridine rings is 1. The largest absolute Gasteiger partial charge is 0.478 e. The van der Waals surface area contributed by atoms with Gasteiger partial charge >= 0.3 is 5.97 Å². The normalized spacial score (nSPS) is 15.8. The SMILES string of the molecule is Cc1cc(C(=O)O)cc(NC2CCC2)n1. The first-order chi connectivity index (χ1) is 7.15. The van der Waals surface area contributed by atoms with Gasteiger partial charge in [-0.15, -0.1) is 0 Å². The standard InChI is InChI=1S/C11H14N2O2/c1-7-5-8(11(14)15)6-10(12-7)13-9-3-2-4-9/h5-6,9H,2-4H2,1H3,(H,12,13)(H,14,15). The Kier molecular flexibility index (Phi) is 2.58. The van der Waals surface area contributed by atoms with Crippen molar-refractivity contribution in [2.24, 2.45) is 0 Å². The molecule has 4 heteroatoms. The highest BCUT2D eigenvalue weighted by Gasteiger charge is 2.18. The molecule has 1 aromatic rings. The number of nitrogens with zero attached hydrogens (tertiary/aromatic N) is 1. The maximum atomic E-state index is 10.8. The lowest BCUT2D eigenvalue weighted by atomic mass is 9.93. The molecule has 0 spiro atoms. The topological polar surface area (TPSA) is 62.2 Å². The van der Waals surface area contributed by atoms with Gasteiger partial charge in [-0.25, -0.2) is 9.78 Å². The Bertz CT molecular complexity index is 386. The Morgan fingerprint density at radius 1 is 1.53 bits per heavy atom. The molecule has 0 aromatic carbocycles. The fraction of sp³-hybridized carbons (Fsp3) is 0.455. The van der Waals surface area contributed by atoms with Crippen LogP contribution < -0.4 is 5.32 Å². The summed E-state index contributed by atoms with van der Waals surface area (Å²) in [5, 5.41) is 12.1. The van der Waals surface area contributed by atoms with Gasteiger partial charge in [-0.2, -0.15) is 0 Å². The van der Waals surface area contributed by atoms with Gasteiger partial charge in [0.2, 0.25) is 0 Å². The molecular weight excluding hydrogens is 192 g/mol. The Balaban J connectivity index is 2.18. The van der Waals surface area contributed by atoms with Crippen molar-refractivity contribution in [1.29, 1.82) is 0 Å². The number of aryl methyl sites for hydroxylation is 1. The van der Waals surface area contributed by atoms with Gasteiger partial charge < -0.3 is 10.4 Å². The number of rotatable bonds is 3. The van der Waals surface area contributed by atoms with Crippen molar-refractivity contribution in [3.8, 4) is 0 Å². The zero-order valence-corrected chi connectivity index (χ0v) is 8.66. The number of hydrogen-bond acceptors (Lipinski definition) is 3. The van der Waals surface area contributed by atoms with Gasteiger partial charge in [0, 0.05) is 11.7 Å². The highest BCUT2D eigenvalue weighted by atomic mass is 16.4. The molecule has 4 nitrogen and oxygen atoms in total. The summed E-state index contributed by atoms with van der Waals surface area (Å²) in [5.41, 5.74) is 1.03. The lowest BCUT2D eigenvalue weighted by Gasteiger charge is -2.27. The first-order valence-corrected chi connectivity index (χ1v) is 5.13. The van der Waals surface area contributed by atoms with Crippen LogP contribution in [0.5, 0.6) is 0 Å². The van der Waals surface area contributed by atoms with Crippen LogP contribution in [-0.4, -0.2) is 22.1 Å². The average Bonchev–Trinajstić information content (AvgIpc) is 2.10. The molecule has 0 atom stereocenters. The molecule has 1 aliphatic carbocycles. The monoisotopic (exact) mass is 206 g/mol. The van der Waals surface area contributed by atoms with Crippen LogP contribution >= 0.6 is 0 Å². The molecule has 0 unspecified atom stereocenters. The third-order valence-corrected chi connectivity index (χ3v) is 2.66. The number of carbonyl (C=O) groups is 1. The van der Waals surface area contributed by atoms with Gasteiger partial charge in [0.25, 0.3) is 0 Å². The molecule has 80 valence electrons. The van der Waals surface area contributed by atoms with Crippen LogP contribution in [0.4, 0.5) is 5.82 Å². The number of aromatic carboxylic acids is 1. The molecule has 0 bridgehead atoms. The van der Waals surface area contributed by atoms with Gasteiger partial charge in [0.15, 0.2) is 0 Å². The second-order valence-electron chi connectivity index (χ2n) is 3.96. The molecule has 1 saturated carbocycles. The molecule has 1 aromatic heterocycles. The molecule has 1 fully saturated rings. The summed E-state index contributed by atoms with van der Waals surface area (Å²) in [6.45, 7) is 1.80. The summed E-state index contributed by atoms with van der Waals surface area (Å²) in [6.07, 6.45) is 3.55. The smallest absolute Gasteiger partial charge is 0.335 e. The summed E-state index contributed by atoms with van der Waals surface area (Å²) in [6, 6.07) is 3.64. The van der Waals surface area contributed by atoms with Crippen LogP contribution in [0.25, 0.3) is 0 Å². The Hall–Kier alpha value is -1.58. The highest BCUT2D eigenvalue weighted by molar-refractivity contribution is 5.88. The first kappa shape index (κ1) is 9.96. The molecule has 0 radical (unpaired) electrons. The van der Waals surface area contributed by atoms with Crippen LogP contribution in [0.2, 0.25) is 0 Å². The third kappa shape index (κ3) is 2.26. The van der Waals surface area contributed by atoms with Gasteiger partial charge in [-0.3, -0.25) is 0 Å². The van der Waals surface area contributed by atoms with E-state index >= 15 is 0 Å². The molecule has 1 aliphatic rings. The van der Waals surface area contributed by atoms with Crippen LogP contribution in [0.1, 0.15) is 35.3 Å². The maximum absolute atomic E-state index is 10.8. The van der Waals surface area contributed by atoms with Gasteiger partial charge in [-0.05, 0) is 38.3 Å². The lowest BCUT2D eigenvalue weighted by Crippen LogP contribution is -2.27. The Morgan fingerprint density at radius 3 is 2.80 bits per heavy atom. The third-order valence-electron chi connectivity index (χ3n) is 2.66. The van der Waals surface area contributed by atoms with E-state index in [1.807, 2.05) is 0 Å². The quantitative estimate of drug-likeness (QED) is 0.794. The minimum absolute atomic E-state index is 0.296. The van der Waals surface area contributed by atoms with E-state index in [-0.39, 0.29) is 0 Å². The zero-order valence-electron chi connectivity index (χ0n) is 8.66. The van der Waals surface area contributed by atoms with Crippen molar-refractivity contribution in [2.75, 3.05) is 5.32 Å². The Labute approximate surface area is 88.3 Å². The van der Waals surface area contributed by atoms with E-state index in [0.717, 1.165) is 18.5 Å². The van der Waals surface area contributed by atoms with E-state index < -0.39 is 5.97 Å². The molecule has 1 heterocycles. The van der Waals surface area contributed by atoms with E-state index in [0.29, 0.717) is 17.4 Å². The number of carboxylic acid groups (broad SMARTS) is 1. The van der Waals surface area contributed by atoms with Crippen molar-refractivity contribution >= 4 is 11.8 Å². The predicted octanol–water partition coefficient (Wildman–Crippen LogP) is 2.05. The molecule has 0 amide bonds. The van der Waals surface area contributed by atoms with E-state index in [4.69, 9.17) is 5.11 Å². The van der Waals surface area contributed by atoms with Crippen molar-refractivity contribution < 1.29 is 9.90 Å². The van der Waals surface area contributed by atoms with E-state index in [2.05, 4.69) is 10.3 Å². The zero-order chi connectivity index (χ0) is 10.8. The van der Waals surface area contributed by atoms with Crippen molar-refractivity contribution in [3.05, 3.63) is 23.4 Å². The Morgan fingerprint density at radius 2 is 2.27 bits per heavy atom. The van der Waals surface area contributed by atoms with Crippen LogP contribution in [0, 0.1) is 6.92 Å². The first-order valence-electron chi connectivity index (χ1n) is 5.13. The fourth-order valence-corrected chi connectivity index (χ4v) is 1.63. The minimum atomic E-state index is -0.905. The molecule has 0 saturated heterocycles. The number of carboxylic acids is 1. The van der Waals surface area contributed by atoms with Gasteiger partial charge in [0.05, 0.1) is 5.56 Å². The molecular formula is C11H14N2O2. The summed E-state index contributed by atoms with van der Waals surface area (Å²) in [5.74, 6) is -0.228. The molecule has 0 aliphatic heterocycles. The van der Waals surface area contributed by atoms with E-state index in [1.54, 1.807) is 19.1 Å². The predicted molar refractivity (Wildman–Crippen MR) is 57.2 cm³/mol. The molecule has 15 heavy (non-hydrogen) atoms. The van der Waals surface area contributed by atoms with Gasteiger partial charge in [-0.1, -0.05) is 0 Å². The lowest BCUT2D eigenvalue weighted by molar-refractivity contribution is 0.0696. The maximum Gasteiger partial charge on any atom is 0.335 e. The van der Waals surface area contributed by atoms with Crippen molar-refractivity contribution in [3.63, 3.8) is 0 Å². The minimum Gasteiger partial charge on any atom is -0.478 e. The van der Waals surface area contributed by atoms with Crippen LogP contribution in [-0.2, 0) is 0 Å². The van der Waals surface area contributed by atoms with Crippen LogP contribution in [0.3, 0.4) is 0 Å². The summed E-state index contributed by atoms with van der Waals surface area (Å²) in [4.78, 5) is 15.1. The van der Waals surface area contributed by atoms with Crippen LogP contribution in [0.15, 0.2) is 12.1 Å². The average molecular weight is 206 g/mol. The second kappa shape index (κ2) is 3.88. The number of nitrogens with one attached hydrogen (secondary N) is 1. The highest BCUT2D eigenvalue weighted by Crippen LogP contribution is 2.22. The van der Waals surface area contributed by atoms with Crippen molar-refractivity contribution in [1.82, 2.24) is 4.98 Å². The number of aromatic nitrogens is 1. The van der Waals surface area contributed by atoms with Gasteiger partial charge in [0.1, 0.15) is 5.82 Å². The second-order valence-corrected chi connectivity index (χ2v) is 3.96. The summed E-state index contributed by atoms with van der Waals surface area (Å²) >= 11 is 0. The van der Waals surface area contributed by atoms with E-state index in [9.17, 15) is 4.79 Å². The number of anilines is 1.